The SMILES string of the molecule is CCCn1c(CCC(=O)NCCc2ccccc2F)nc2cc(S(N)(=O)=O)ccc21. The Bertz CT molecular complexity index is 1160. The average molecular weight is 433 g/mol. The van der Waals surface area contributed by atoms with Crippen LogP contribution in [0.4, 0.5) is 4.39 Å². The van der Waals surface area contributed by atoms with E-state index < -0.39 is 10.0 Å². The van der Waals surface area contributed by atoms with Crippen LogP contribution in [-0.4, -0.2) is 30.4 Å². The van der Waals surface area contributed by atoms with Crippen LogP contribution in [0.15, 0.2) is 47.4 Å². The summed E-state index contributed by atoms with van der Waals surface area (Å²) in [4.78, 5) is 16.8. The Hall–Kier alpha value is -2.78. The van der Waals surface area contributed by atoms with E-state index in [0.717, 1.165) is 11.9 Å². The van der Waals surface area contributed by atoms with Crippen LogP contribution in [0.1, 0.15) is 31.2 Å². The second kappa shape index (κ2) is 9.36. The number of halogens is 1. The molecule has 160 valence electrons. The van der Waals surface area contributed by atoms with E-state index in [0.29, 0.717) is 42.8 Å². The highest BCUT2D eigenvalue weighted by Crippen LogP contribution is 2.21. The molecule has 0 atom stereocenters. The van der Waals surface area contributed by atoms with Crippen LogP contribution in [0.25, 0.3) is 11.0 Å². The van der Waals surface area contributed by atoms with Gasteiger partial charge in [-0.05, 0) is 42.7 Å². The Morgan fingerprint density at radius 3 is 2.67 bits per heavy atom. The Kier molecular flexibility index (Phi) is 6.84. The summed E-state index contributed by atoms with van der Waals surface area (Å²) in [6.45, 7) is 3.09. The number of primary sulfonamides is 1. The van der Waals surface area contributed by atoms with Crippen molar-refractivity contribution in [2.75, 3.05) is 6.54 Å². The van der Waals surface area contributed by atoms with Gasteiger partial charge in [0.25, 0.3) is 0 Å². The van der Waals surface area contributed by atoms with Gasteiger partial charge in [0.05, 0.1) is 15.9 Å². The van der Waals surface area contributed by atoms with Crippen molar-refractivity contribution in [2.45, 2.75) is 44.0 Å². The van der Waals surface area contributed by atoms with Gasteiger partial charge in [-0.2, -0.15) is 0 Å². The largest absolute Gasteiger partial charge is 0.356 e. The maximum Gasteiger partial charge on any atom is 0.238 e. The smallest absolute Gasteiger partial charge is 0.238 e. The van der Waals surface area contributed by atoms with Crippen molar-refractivity contribution in [1.82, 2.24) is 14.9 Å². The quantitative estimate of drug-likeness (QED) is 0.542. The van der Waals surface area contributed by atoms with Crippen molar-refractivity contribution in [3.05, 3.63) is 59.7 Å². The van der Waals surface area contributed by atoms with Crippen LogP contribution < -0.4 is 10.5 Å². The van der Waals surface area contributed by atoms with E-state index >= 15 is 0 Å². The van der Waals surface area contributed by atoms with Crippen LogP contribution in [0.5, 0.6) is 0 Å². The third-order valence-corrected chi connectivity index (χ3v) is 5.74. The Morgan fingerprint density at radius 1 is 1.20 bits per heavy atom. The summed E-state index contributed by atoms with van der Waals surface area (Å²) < 4.78 is 38.8. The molecule has 1 aromatic heterocycles. The molecule has 3 rings (SSSR count). The molecule has 1 heterocycles. The first kappa shape index (κ1) is 21.9. The van der Waals surface area contributed by atoms with E-state index in [1.54, 1.807) is 24.3 Å². The number of aromatic nitrogens is 2. The van der Waals surface area contributed by atoms with Gasteiger partial charge >= 0.3 is 0 Å². The van der Waals surface area contributed by atoms with Crippen molar-refractivity contribution in [3.8, 4) is 0 Å². The van der Waals surface area contributed by atoms with Crippen molar-refractivity contribution in [3.63, 3.8) is 0 Å². The summed E-state index contributed by atoms with van der Waals surface area (Å²) in [5, 5.41) is 8.01. The number of sulfonamides is 1. The first-order chi connectivity index (χ1) is 14.3. The Labute approximate surface area is 175 Å². The van der Waals surface area contributed by atoms with Gasteiger partial charge in [-0.25, -0.2) is 22.9 Å². The van der Waals surface area contributed by atoms with Crippen LogP contribution in [0.2, 0.25) is 0 Å². The minimum Gasteiger partial charge on any atom is -0.356 e. The molecule has 0 spiro atoms. The standard InChI is InChI=1S/C21H25FN4O3S/c1-2-13-26-19-8-7-16(30(23,28)29)14-18(19)25-20(26)9-10-21(27)24-12-11-15-5-3-4-6-17(15)22/h3-8,14H,2,9-13H2,1H3,(H,24,27)(H2,23,28,29). The van der Waals surface area contributed by atoms with Gasteiger partial charge in [0.1, 0.15) is 11.6 Å². The molecule has 30 heavy (non-hydrogen) atoms. The maximum absolute atomic E-state index is 13.6. The van der Waals surface area contributed by atoms with Gasteiger partial charge in [0.2, 0.25) is 15.9 Å². The lowest BCUT2D eigenvalue weighted by atomic mass is 10.1. The molecule has 0 aliphatic rings. The van der Waals surface area contributed by atoms with Crippen LogP contribution in [0.3, 0.4) is 0 Å². The lowest BCUT2D eigenvalue weighted by Crippen LogP contribution is -2.26. The van der Waals surface area contributed by atoms with Crippen molar-refractivity contribution < 1.29 is 17.6 Å². The molecule has 0 radical (unpaired) electrons. The minimum absolute atomic E-state index is 0.00795. The number of aryl methyl sites for hydroxylation is 2. The van der Waals surface area contributed by atoms with E-state index in [4.69, 9.17) is 5.14 Å². The lowest BCUT2D eigenvalue weighted by molar-refractivity contribution is -0.121. The second-order valence-electron chi connectivity index (χ2n) is 7.07. The fourth-order valence-electron chi connectivity index (χ4n) is 3.35. The van der Waals surface area contributed by atoms with Gasteiger partial charge in [-0.3, -0.25) is 4.79 Å². The highest BCUT2D eigenvalue weighted by Gasteiger charge is 2.15. The van der Waals surface area contributed by atoms with Crippen molar-refractivity contribution in [2.24, 2.45) is 5.14 Å². The van der Waals surface area contributed by atoms with E-state index in [2.05, 4.69) is 10.3 Å². The predicted molar refractivity (Wildman–Crippen MR) is 113 cm³/mol. The molecule has 1 amide bonds. The molecule has 0 unspecified atom stereocenters. The zero-order valence-corrected chi connectivity index (χ0v) is 17.6. The number of nitrogens with one attached hydrogen (secondary N) is 1. The van der Waals surface area contributed by atoms with E-state index in [9.17, 15) is 17.6 Å². The fourth-order valence-corrected chi connectivity index (χ4v) is 3.89. The third-order valence-electron chi connectivity index (χ3n) is 4.82. The van der Waals surface area contributed by atoms with E-state index in [1.807, 2.05) is 11.5 Å². The van der Waals surface area contributed by atoms with Gasteiger partial charge < -0.3 is 9.88 Å². The number of nitrogens with zero attached hydrogens (tertiary/aromatic N) is 2. The van der Waals surface area contributed by atoms with Crippen LogP contribution in [0, 0.1) is 5.82 Å². The average Bonchev–Trinajstić information content (AvgIpc) is 3.04. The number of carbonyl (C=O) groups excluding carboxylic acids is 1. The Balaban J connectivity index is 1.66. The molecule has 9 heteroatoms. The minimum atomic E-state index is -3.81. The lowest BCUT2D eigenvalue weighted by Gasteiger charge is -2.09. The summed E-state index contributed by atoms with van der Waals surface area (Å²) in [6.07, 6.45) is 1.92. The van der Waals surface area contributed by atoms with Gasteiger partial charge in [-0.1, -0.05) is 25.1 Å². The van der Waals surface area contributed by atoms with Gasteiger partial charge in [-0.15, -0.1) is 0 Å². The summed E-state index contributed by atoms with van der Waals surface area (Å²) in [6, 6.07) is 11.1. The Morgan fingerprint density at radius 2 is 1.97 bits per heavy atom. The number of rotatable bonds is 9. The molecular weight excluding hydrogens is 407 g/mol. The highest BCUT2D eigenvalue weighted by atomic mass is 32.2. The number of nitrogens with two attached hydrogens (primary N) is 1. The third kappa shape index (κ3) is 5.22. The summed E-state index contributed by atoms with van der Waals surface area (Å²) in [5.41, 5.74) is 1.90. The molecule has 0 bridgehead atoms. The number of hydrogen-bond donors (Lipinski definition) is 2. The zero-order chi connectivity index (χ0) is 21.7. The summed E-state index contributed by atoms with van der Waals surface area (Å²) in [7, 11) is -3.81. The number of fused-ring (bicyclic) bond motifs is 1. The van der Waals surface area contributed by atoms with Crippen molar-refractivity contribution >= 4 is 27.0 Å². The second-order valence-corrected chi connectivity index (χ2v) is 8.63. The molecule has 7 nitrogen and oxygen atoms in total. The molecule has 3 N–H and O–H groups in total. The maximum atomic E-state index is 13.6. The zero-order valence-electron chi connectivity index (χ0n) is 16.8. The van der Waals surface area contributed by atoms with Crippen molar-refractivity contribution in [1.29, 1.82) is 0 Å². The number of benzene rings is 2. The van der Waals surface area contributed by atoms with Crippen LogP contribution >= 0.6 is 0 Å². The molecular formula is C21H25FN4O3S. The summed E-state index contributed by atoms with van der Waals surface area (Å²) >= 11 is 0. The first-order valence-electron chi connectivity index (χ1n) is 9.81. The molecule has 0 saturated heterocycles. The molecule has 0 saturated carbocycles. The van der Waals surface area contributed by atoms with Crippen LogP contribution in [-0.2, 0) is 34.2 Å². The highest BCUT2D eigenvalue weighted by molar-refractivity contribution is 7.89. The molecule has 0 aliphatic carbocycles. The van der Waals surface area contributed by atoms with E-state index in [-0.39, 0.29) is 23.0 Å². The van der Waals surface area contributed by atoms with Gasteiger partial charge in [0.15, 0.2) is 0 Å². The molecule has 0 aliphatic heterocycles. The molecule has 3 aromatic rings. The number of carbonyl (C=O) groups is 1. The van der Waals surface area contributed by atoms with E-state index in [1.165, 1.54) is 18.2 Å². The number of hydrogen-bond acceptors (Lipinski definition) is 4. The summed E-state index contributed by atoms with van der Waals surface area (Å²) in [5.74, 6) is 0.285. The number of amides is 1. The van der Waals surface area contributed by atoms with Gasteiger partial charge in [0, 0.05) is 25.9 Å². The fraction of sp³-hybridized carbons (Fsp3) is 0.333. The predicted octanol–water partition coefficient (Wildman–Crippen LogP) is 2.52. The topological polar surface area (TPSA) is 107 Å². The monoisotopic (exact) mass is 432 g/mol. The molecule has 2 aromatic carbocycles. The molecule has 0 fully saturated rings. The normalized spacial score (nSPS) is 11.7. The number of imidazole rings is 1. The first-order valence-corrected chi connectivity index (χ1v) is 11.4.